The van der Waals surface area contributed by atoms with Crippen LogP contribution in [0.4, 0.5) is 0 Å². The third-order valence-electron chi connectivity index (χ3n) is 4.62. The number of carbonyl (C=O) groups is 1. The Morgan fingerprint density at radius 3 is 2.87 bits per heavy atom. The fourth-order valence-electron chi connectivity index (χ4n) is 2.98. The highest BCUT2D eigenvalue weighted by Gasteiger charge is 2.24. The highest BCUT2D eigenvalue weighted by atomic mass is 16.5. The largest absolute Gasteiger partial charge is 0.473 e. The molecule has 30 heavy (non-hydrogen) atoms. The molecule has 3 rings (SSSR count). The Bertz CT molecular complexity index is 1010. The molecule has 1 aliphatic rings. The molecule has 158 valence electrons. The van der Waals surface area contributed by atoms with Crippen LogP contribution in [0.1, 0.15) is 26.5 Å². The monoisotopic (exact) mass is 410 g/mol. The Labute approximate surface area is 175 Å². The molecule has 2 aromatic rings. The van der Waals surface area contributed by atoms with Gasteiger partial charge in [0.25, 0.3) is 5.91 Å². The zero-order valence-corrected chi connectivity index (χ0v) is 17.4. The van der Waals surface area contributed by atoms with Crippen LogP contribution in [0.15, 0.2) is 48.8 Å². The normalized spacial score (nSPS) is 17.9. The first-order valence-electron chi connectivity index (χ1n) is 9.70. The highest BCUT2D eigenvalue weighted by molar-refractivity contribution is 5.84. The van der Waals surface area contributed by atoms with Gasteiger partial charge in [0.05, 0.1) is 23.4 Å². The number of amides is 1. The summed E-state index contributed by atoms with van der Waals surface area (Å²) >= 11 is 0. The lowest BCUT2D eigenvalue weighted by Gasteiger charge is -2.22. The second-order valence-electron chi connectivity index (χ2n) is 7.36. The highest BCUT2D eigenvalue weighted by Crippen LogP contribution is 2.26. The summed E-state index contributed by atoms with van der Waals surface area (Å²) in [6.07, 6.45) is 7.84. The SMILES string of the molecule is C=C(C=CC(=CC)C(C)(C)O)c1cc2nccnc2c(OCC2OCCNC2=O)n1. The van der Waals surface area contributed by atoms with Crippen LogP contribution < -0.4 is 10.1 Å². The van der Waals surface area contributed by atoms with Gasteiger partial charge in [0.1, 0.15) is 6.61 Å². The van der Waals surface area contributed by atoms with Crippen LogP contribution in [0.25, 0.3) is 16.6 Å². The average Bonchev–Trinajstić information content (AvgIpc) is 2.72. The Morgan fingerprint density at radius 2 is 2.17 bits per heavy atom. The molecule has 0 radical (unpaired) electrons. The van der Waals surface area contributed by atoms with Crippen molar-refractivity contribution >= 4 is 22.5 Å². The smallest absolute Gasteiger partial charge is 0.252 e. The van der Waals surface area contributed by atoms with E-state index in [2.05, 4.69) is 26.8 Å². The molecule has 1 aliphatic heterocycles. The van der Waals surface area contributed by atoms with Gasteiger partial charge in [-0.3, -0.25) is 9.78 Å². The molecular weight excluding hydrogens is 384 g/mol. The molecule has 8 nitrogen and oxygen atoms in total. The average molecular weight is 410 g/mol. The lowest BCUT2D eigenvalue weighted by atomic mass is 9.96. The van der Waals surface area contributed by atoms with Crippen molar-refractivity contribution in [1.29, 1.82) is 0 Å². The number of morpholine rings is 1. The number of allylic oxidation sites excluding steroid dienone is 3. The molecule has 0 aromatic carbocycles. The molecule has 1 amide bonds. The number of pyridine rings is 1. The number of nitrogens with one attached hydrogen (secondary N) is 1. The standard InChI is InChI=1S/C22H26N4O4/c1-5-15(22(3,4)28)7-6-14(2)16-12-17-19(24-9-8-23-17)21(26-16)30-13-18-20(27)25-10-11-29-18/h5-9,12,18,28H,2,10-11,13H2,1,3-4H3,(H,25,27). The number of hydrogen-bond donors (Lipinski definition) is 2. The molecule has 8 heteroatoms. The van der Waals surface area contributed by atoms with Gasteiger partial charge in [0.15, 0.2) is 11.6 Å². The molecule has 0 saturated carbocycles. The first-order valence-corrected chi connectivity index (χ1v) is 9.70. The van der Waals surface area contributed by atoms with Gasteiger partial charge in [-0.15, -0.1) is 0 Å². The van der Waals surface area contributed by atoms with E-state index in [1.165, 1.54) is 0 Å². The van der Waals surface area contributed by atoms with E-state index in [1.54, 1.807) is 44.5 Å². The molecule has 2 N–H and O–H groups in total. The number of aliphatic hydroxyl groups is 1. The molecule has 1 atom stereocenters. The number of ether oxygens (including phenoxy) is 2. The molecular formula is C22H26N4O4. The molecule has 2 aromatic heterocycles. The van der Waals surface area contributed by atoms with Gasteiger partial charge in [-0.2, -0.15) is 0 Å². The van der Waals surface area contributed by atoms with Crippen LogP contribution in [0.2, 0.25) is 0 Å². The minimum absolute atomic E-state index is 0.0116. The van der Waals surface area contributed by atoms with Crippen molar-refractivity contribution in [3.05, 3.63) is 54.5 Å². The summed E-state index contributed by atoms with van der Waals surface area (Å²) in [7, 11) is 0. The van der Waals surface area contributed by atoms with Crippen LogP contribution in [0, 0.1) is 0 Å². The summed E-state index contributed by atoms with van der Waals surface area (Å²) in [5, 5.41) is 13.0. The van der Waals surface area contributed by atoms with E-state index in [0.717, 1.165) is 5.57 Å². The van der Waals surface area contributed by atoms with Gasteiger partial charge in [0, 0.05) is 18.9 Å². The van der Waals surface area contributed by atoms with Crippen LogP contribution >= 0.6 is 0 Å². The molecule has 1 fully saturated rings. The fourth-order valence-corrected chi connectivity index (χ4v) is 2.98. The predicted octanol–water partition coefficient (Wildman–Crippen LogP) is 2.21. The summed E-state index contributed by atoms with van der Waals surface area (Å²) in [6.45, 7) is 10.3. The summed E-state index contributed by atoms with van der Waals surface area (Å²) in [4.78, 5) is 25.1. The van der Waals surface area contributed by atoms with Gasteiger partial charge in [0.2, 0.25) is 5.88 Å². The Hall–Kier alpha value is -3.10. The molecule has 0 bridgehead atoms. The number of carbonyl (C=O) groups excluding carboxylic acids is 1. The quantitative estimate of drug-likeness (QED) is 0.674. The van der Waals surface area contributed by atoms with E-state index >= 15 is 0 Å². The van der Waals surface area contributed by atoms with Crippen molar-refractivity contribution in [2.24, 2.45) is 0 Å². The maximum Gasteiger partial charge on any atom is 0.252 e. The Morgan fingerprint density at radius 1 is 1.40 bits per heavy atom. The molecule has 1 unspecified atom stereocenters. The maximum atomic E-state index is 11.9. The van der Waals surface area contributed by atoms with Crippen molar-refractivity contribution in [3.8, 4) is 5.88 Å². The van der Waals surface area contributed by atoms with E-state index in [0.29, 0.717) is 35.5 Å². The number of aromatic nitrogens is 3. The minimum Gasteiger partial charge on any atom is -0.473 e. The van der Waals surface area contributed by atoms with E-state index in [-0.39, 0.29) is 18.4 Å². The van der Waals surface area contributed by atoms with Crippen molar-refractivity contribution in [2.75, 3.05) is 19.8 Å². The number of nitrogens with zero attached hydrogens (tertiary/aromatic N) is 3. The van der Waals surface area contributed by atoms with E-state index in [9.17, 15) is 9.90 Å². The summed E-state index contributed by atoms with van der Waals surface area (Å²) in [5.74, 6) is 0.0338. The van der Waals surface area contributed by atoms with Gasteiger partial charge >= 0.3 is 0 Å². The number of fused-ring (bicyclic) bond motifs is 1. The zero-order valence-electron chi connectivity index (χ0n) is 17.4. The molecule has 0 aliphatic carbocycles. The van der Waals surface area contributed by atoms with Gasteiger partial charge in [-0.25, -0.2) is 9.97 Å². The van der Waals surface area contributed by atoms with Crippen molar-refractivity contribution in [3.63, 3.8) is 0 Å². The third kappa shape index (κ3) is 5.08. The van der Waals surface area contributed by atoms with Crippen LogP contribution in [0.3, 0.4) is 0 Å². The summed E-state index contributed by atoms with van der Waals surface area (Å²) in [6, 6.07) is 1.77. The van der Waals surface area contributed by atoms with Gasteiger partial charge < -0.3 is 19.9 Å². The van der Waals surface area contributed by atoms with E-state index in [4.69, 9.17) is 9.47 Å². The summed E-state index contributed by atoms with van der Waals surface area (Å²) in [5.41, 5.74) is 2.02. The van der Waals surface area contributed by atoms with Gasteiger partial charge in [-0.1, -0.05) is 24.8 Å². The summed E-state index contributed by atoms with van der Waals surface area (Å²) < 4.78 is 11.3. The lowest BCUT2D eigenvalue weighted by Crippen LogP contribution is -2.47. The zero-order chi connectivity index (χ0) is 21.7. The molecule has 1 saturated heterocycles. The Kier molecular flexibility index (Phi) is 6.59. The van der Waals surface area contributed by atoms with E-state index < -0.39 is 11.7 Å². The van der Waals surface area contributed by atoms with Crippen molar-refractivity contribution in [2.45, 2.75) is 32.5 Å². The van der Waals surface area contributed by atoms with Crippen LogP contribution in [-0.2, 0) is 9.53 Å². The van der Waals surface area contributed by atoms with Crippen molar-refractivity contribution < 1.29 is 19.4 Å². The van der Waals surface area contributed by atoms with Crippen molar-refractivity contribution in [1.82, 2.24) is 20.3 Å². The molecule has 0 spiro atoms. The van der Waals surface area contributed by atoms with Gasteiger partial charge in [-0.05, 0) is 38.0 Å². The lowest BCUT2D eigenvalue weighted by molar-refractivity contribution is -0.139. The van der Waals surface area contributed by atoms with E-state index in [1.807, 2.05) is 13.0 Å². The number of hydrogen-bond acceptors (Lipinski definition) is 7. The Balaban J connectivity index is 1.87. The van der Waals surface area contributed by atoms with Crippen LogP contribution in [-0.4, -0.2) is 57.4 Å². The predicted molar refractivity (Wildman–Crippen MR) is 114 cm³/mol. The fraction of sp³-hybridized carbons (Fsp3) is 0.364. The third-order valence-corrected chi connectivity index (χ3v) is 4.62. The first-order chi connectivity index (χ1) is 14.3. The maximum absolute atomic E-state index is 11.9. The van der Waals surface area contributed by atoms with Crippen LogP contribution in [0.5, 0.6) is 5.88 Å². The first kappa shape index (κ1) is 21.6. The molecule has 3 heterocycles. The second kappa shape index (κ2) is 9.15. The second-order valence-corrected chi connectivity index (χ2v) is 7.36. The minimum atomic E-state index is -0.970. The topological polar surface area (TPSA) is 106 Å². The number of rotatable bonds is 7.